The van der Waals surface area contributed by atoms with Crippen LogP contribution in [0.25, 0.3) is 0 Å². The molecule has 0 unspecified atom stereocenters. The van der Waals surface area contributed by atoms with Crippen molar-refractivity contribution in [2.24, 2.45) is 5.73 Å². The van der Waals surface area contributed by atoms with Gasteiger partial charge in [-0.3, -0.25) is 0 Å². The van der Waals surface area contributed by atoms with Crippen LogP contribution in [0.3, 0.4) is 0 Å². The SMILES string of the molecule is CCOC(=[Se])[C@@H](N)CCSC. The summed E-state index contributed by atoms with van der Waals surface area (Å²) in [5.41, 5.74) is 5.78. The van der Waals surface area contributed by atoms with Gasteiger partial charge in [-0.15, -0.1) is 0 Å². The van der Waals surface area contributed by atoms with Gasteiger partial charge < -0.3 is 0 Å². The van der Waals surface area contributed by atoms with Crippen molar-refractivity contribution in [2.45, 2.75) is 19.4 Å². The van der Waals surface area contributed by atoms with Crippen LogP contribution in [0.4, 0.5) is 0 Å². The molecule has 0 radical (unpaired) electrons. The molecule has 0 rings (SSSR count). The third-order valence-electron chi connectivity index (χ3n) is 1.22. The first-order chi connectivity index (χ1) is 5.22. The topological polar surface area (TPSA) is 35.2 Å². The van der Waals surface area contributed by atoms with Crippen molar-refractivity contribution in [3.05, 3.63) is 0 Å². The molecular weight excluding hydrogens is 225 g/mol. The molecule has 4 heteroatoms. The van der Waals surface area contributed by atoms with Gasteiger partial charge in [-0.1, -0.05) is 0 Å². The first-order valence-electron chi connectivity index (χ1n) is 3.63. The molecule has 0 bridgehead atoms. The Morgan fingerprint density at radius 3 is 2.82 bits per heavy atom. The second kappa shape index (κ2) is 7.16. The van der Waals surface area contributed by atoms with E-state index in [9.17, 15) is 0 Å². The van der Waals surface area contributed by atoms with Crippen LogP contribution in [0, 0.1) is 0 Å². The number of rotatable bonds is 6. The van der Waals surface area contributed by atoms with E-state index in [0.717, 1.165) is 16.8 Å². The van der Waals surface area contributed by atoms with Gasteiger partial charge in [-0.2, -0.15) is 0 Å². The second-order valence-electron chi connectivity index (χ2n) is 2.14. The van der Waals surface area contributed by atoms with Crippen LogP contribution in [0.5, 0.6) is 0 Å². The molecule has 0 saturated heterocycles. The van der Waals surface area contributed by atoms with Gasteiger partial charge >= 0.3 is 80.4 Å². The Morgan fingerprint density at radius 1 is 1.73 bits per heavy atom. The van der Waals surface area contributed by atoms with Crippen LogP contribution in [0.1, 0.15) is 13.3 Å². The minimum atomic E-state index is 0.0578. The van der Waals surface area contributed by atoms with E-state index in [1.54, 1.807) is 11.8 Å². The van der Waals surface area contributed by atoms with Crippen LogP contribution in [-0.2, 0) is 4.74 Å². The summed E-state index contributed by atoms with van der Waals surface area (Å²) in [6, 6.07) is 0.0578. The molecular formula is C7H15NOSSe. The molecule has 0 amide bonds. The van der Waals surface area contributed by atoms with Crippen molar-refractivity contribution < 1.29 is 4.74 Å². The van der Waals surface area contributed by atoms with Crippen LogP contribution >= 0.6 is 11.8 Å². The van der Waals surface area contributed by atoms with E-state index in [0.29, 0.717) is 6.61 Å². The predicted molar refractivity (Wildman–Crippen MR) is 53.4 cm³/mol. The van der Waals surface area contributed by atoms with E-state index < -0.39 is 0 Å². The Kier molecular flexibility index (Phi) is 7.49. The summed E-state index contributed by atoms with van der Waals surface area (Å²) in [5.74, 6) is 1.08. The fraction of sp³-hybridized carbons (Fsp3) is 0.857. The summed E-state index contributed by atoms with van der Waals surface area (Å²) in [6.45, 7) is 2.65. The monoisotopic (exact) mass is 241 g/mol. The average Bonchev–Trinajstić information content (AvgIpc) is 2.00. The number of hydrogen-bond donors (Lipinski definition) is 1. The number of thioether (sulfide) groups is 1. The molecule has 0 aromatic carbocycles. The van der Waals surface area contributed by atoms with Crippen molar-refractivity contribution in [1.29, 1.82) is 0 Å². The zero-order chi connectivity index (χ0) is 8.69. The molecule has 0 saturated carbocycles. The Balaban J connectivity index is 3.46. The van der Waals surface area contributed by atoms with Crippen LogP contribution in [0.15, 0.2) is 0 Å². The van der Waals surface area contributed by atoms with Crippen molar-refractivity contribution in [3.63, 3.8) is 0 Å². The molecule has 0 aromatic rings. The van der Waals surface area contributed by atoms with Crippen molar-refractivity contribution in [2.75, 3.05) is 18.6 Å². The van der Waals surface area contributed by atoms with E-state index >= 15 is 0 Å². The molecule has 11 heavy (non-hydrogen) atoms. The molecule has 0 aliphatic carbocycles. The maximum absolute atomic E-state index is 5.78. The van der Waals surface area contributed by atoms with Crippen molar-refractivity contribution in [1.82, 2.24) is 0 Å². The molecule has 2 N–H and O–H groups in total. The van der Waals surface area contributed by atoms with Crippen LogP contribution in [0.2, 0.25) is 0 Å². The zero-order valence-electron chi connectivity index (χ0n) is 7.00. The summed E-state index contributed by atoms with van der Waals surface area (Å²) in [4.78, 5) is 0. The summed E-state index contributed by atoms with van der Waals surface area (Å²) >= 11 is 4.65. The van der Waals surface area contributed by atoms with Crippen LogP contribution < -0.4 is 5.73 Å². The van der Waals surface area contributed by atoms with E-state index in [1.165, 1.54) is 0 Å². The molecule has 0 spiro atoms. The van der Waals surface area contributed by atoms with Gasteiger partial charge in [0.15, 0.2) is 0 Å². The fourth-order valence-electron chi connectivity index (χ4n) is 0.612. The van der Waals surface area contributed by atoms with Crippen molar-refractivity contribution >= 4 is 31.9 Å². The Labute approximate surface area is 80.6 Å². The molecule has 0 aliphatic rings. The first kappa shape index (κ1) is 11.5. The second-order valence-corrected chi connectivity index (χ2v) is 3.97. The van der Waals surface area contributed by atoms with E-state index in [1.807, 2.05) is 6.92 Å². The summed E-state index contributed by atoms with van der Waals surface area (Å²) in [6.07, 6.45) is 3.05. The third-order valence-corrected chi connectivity index (χ3v) is 2.75. The zero-order valence-corrected chi connectivity index (χ0v) is 9.53. The van der Waals surface area contributed by atoms with Crippen LogP contribution in [-0.4, -0.2) is 44.8 Å². The molecule has 0 aliphatic heterocycles. The normalized spacial score (nSPS) is 12.6. The predicted octanol–water partition coefficient (Wildman–Crippen LogP) is 0.402. The molecule has 1 atom stereocenters. The average molecular weight is 240 g/mol. The van der Waals surface area contributed by atoms with Gasteiger partial charge in [0.1, 0.15) is 0 Å². The minimum absolute atomic E-state index is 0.0578. The molecule has 0 heterocycles. The molecule has 0 aromatic heterocycles. The third kappa shape index (κ3) is 5.74. The van der Waals surface area contributed by atoms with E-state index in [-0.39, 0.29) is 6.04 Å². The van der Waals surface area contributed by atoms with Gasteiger partial charge in [-0.05, 0) is 0 Å². The number of nitrogens with two attached hydrogens (primary N) is 1. The Hall–Kier alpha value is 0.499. The van der Waals surface area contributed by atoms with Crippen molar-refractivity contribution in [3.8, 4) is 0 Å². The fourth-order valence-corrected chi connectivity index (χ4v) is 1.60. The molecule has 66 valence electrons. The van der Waals surface area contributed by atoms with Gasteiger partial charge in [0, 0.05) is 0 Å². The van der Waals surface area contributed by atoms with Gasteiger partial charge in [0.2, 0.25) is 0 Å². The number of hydrogen-bond acceptors (Lipinski definition) is 3. The van der Waals surface area contributed by atoms with E-state index in [4.69, 9.17) is 10.5 Å². The molecule has 2 nitrogen and oxygen atoms in total. The Morgan fingerprint density at radius 2 is 2.36 bits per heavy atom. The standard InChI is InChI=1S/C7H15NOSSe/c1-3-9-7(11)6(8)4-5-10-2/h6H,3-5,8H2,1-2H3/t6-/m0/s1. The van der Waals surface area contributed by atoms with E-state index in [2.05, 4.69) is 21.8 Å². The summed E-state index contributed by atoms with van der Waals surface area (Å²) < 4.78 is 6.06. The summed E-state index contributed by atoms with van der Waals surface area (Å²) in [5, 5.41) is 0. The first-order valence-corrected chi connectivity index (χ1v) is 5.88. The molecule has 0 fully saturated rings. The number of ether oxygens (including phenoxy) is 1. The van der Waals surface area contributed by atoms with Gasteiger partial charge in [0.25, 0.3) is 0 Å². The van der Waals surface area contributed by atoms with Gasteiger partial charge in [-0.25, -0.2) is 0 Å². The quantitative estimate of drug-likeness (QED) is 0.683. The van der Waals surface area contributed by atoms with Gasteiger partial charge in [0.05, 0.1) is 0 Å². The summed E-state index contributed by atoms with van der Waals surface area (Å²) in [7, 11) is 0. The maximum atomic E-state index is 5.78. The Bertz CT molecular complexity index is 121.